The molecule has 0 aromatic carbocycles. The molecule has 2 unspecified atom stereocenters. The van der Waals surface area contributed by atoms with Crippen LogP contribution in [0, 0.1) is 5.92 Å². The fourth-order valence-electron chi connectivity index (χ4n) is 3.13. The van der Waals surface area contributed by atoms with Gasteiger partial charge >= 0.3 is 0 Å². The van der Waals surface area contributed by atoms with Crippen LogP contribution in [0.4, 0.5) is 5.69 Å². The summed E-state index contributed by atoms with van der Waals surface area (Å²) in [5, 5.41) is 3.56. The summed E-state index contributed by atoms with van der Waals surface area (Å²) in [4.78, 5) is 6.61. The number of pyridine rings is 1. The number of nitrogens with zero attached hydrogens (tertiary/aromatic N) is 2. The average molecular weight is 326 g/mol. The van der Waals surface area contributed by atoms with Crippen LogP contribution in [0.3, 0.4) is 0 Å². The van der Waals surface area contributed by atoms with Crippen LogP contribution in [-0.4, -0.2) is 36.1 Å². The van der Waals surface area contributed by atoms with Crippen LogP contribution in [-0.2, 0) is 0 Å². The van der Waals surface area contributed by atoms with E-state index in [0.717, 1.165) is 22.6 Å². The minimum atomic E-state index is 0.278. The van der Waals surface area contributed by atoms with Crippen molar-refractivity contribution in [3.8, 4) is 0 Å². The standard InChI is InChI=1S/C15H24BrN3/c1-12-5-4-6-15(8-12,19(2)3)11-18-14-7-13(16)9-17-10-14/h7,9-10,12,18H,4-6,8,11H2,1-3H3. The van der Waals surface area contributed by atoms with E-state index >= 15 is 0 Å². The summed E-state index contributed by atoms with van der Waals surface area (Å²) in [6.45, 7) is 3.36. The number of hydrogen-bond acceptors (Lipinski definition) is 3. The highest BCUT2D eigenvalue weighted by Gasteiger charge is 2.36. The Morgan fingerprint density at radius 3 is 2.89 bits per heavy atom. The van der Waals surface area contributed by atoms with E-state index in [1.165, 1.54) is 25.7 Å². The van der Waals surface area contributed by atoms with Crippen LogP contribution < -0.4 is 5.32 Å². The Kier molecular flexibility index (Phi) is 4.85. The molecule has 1 fully saturated rings. The maximum absolute atomic E-state index is 4.21. The topological polar surface area (TPSA) is 28.2 Å². The number of hydrogen-bond donors (Lipinski definition) is 1. The van der Waals surface area contributed by atoms with Gasteiger partial charge < -0.3 is 10.2 Å². The maximum Gasteiger partial charge on any atom is 0.0538 e. The summed E-state index contributed by atoms with van der Waals surface area (Å²) >= 11 is 3.47. The molecule has 2 atom stereocenters. The largest absolute Gasteiger partial charge is 0.382 e. The van der Waals surface area contributed by atoms with Crippen molar-refractivity contribution in [3.05, 3.63) is 22.9 Å². The Morgan fingerprint density at radius 1 is 1.47 bits per heavy atom. The van der Waals surface area contributed by atoms with Gasteiger partial charge in [-0.3, -0.25) is 4.98 Å². The molecule has 0 radical (unpaired) electrons. The number of anilines is 1. The van der Waals surface area contributed by atoms with Crippen LogP contribution in [0.25, 0.3) is 0 Å². The first kappa shape index (κ1) is 14.8. The van der Waals surface area contributed by atoms with E-state index in [4.69, 9.17) is 0 Å². The third kappa shape index (κ3) is 3.69. The molecule has 0 saturated heterocycles. The maximum atomic E-state index is 4.21. The molecule has 0 amide bonds. The Labute approximate surface area is 124 Å². The average Bonchev–Trinajstić information content (AvgIpc) is 2.36. The van der Waals surface area contributed by atoms with Crippen molar-refractivity contribution >= 4 is 21.6 Å². The predicted molar refractivity (Wildman–Crippen MR) is 84.5 cm³/mol. The van der Waals surface area contributed by atoms with E-state index in [1.807, 2.05) is 12.4 Å². The van der Waals surface area contributed by atoms with Gasteiger partial charge in [0.05, 0.1) is 11.9 Å². The van der Waals surface area contributed by atoms with E-state index in [2.05, 4.69) is 58.2 Å². The summed E-state index contributed by atoms with van der Waals surface area (Å²) in [5.41, 5.74) is 1.37. The fourth-order valence-corrected chi connectivity index (χ4v) is 3.50. The number of rotatable bonds is 4. The molecule has 1 aliphatic rings. The van der Waals surface area contributed by atoms with Crippen LogP contribution in [0.1, 0.15) is 32.6 Å². The van der Waals surface area contributed by atoms with Gasteiger partial charge in [-0.2, -0.15) is 0 Å². The normalized spacial score (nSPS) is 27.5. The van der Waals surface area contributed by atoms with Gasteiger partial charge in [-0.05, 0) is 54.9 Å². The number of nitrogens with one attached hydrogen (secondary N) is 1. The van der Waals surface area contributed by atoms with Crippen LogP contribution in [0.2, 0.25) is 0 Å². The molecule has 3 nitrogen and oxygen atoms in total. The molecular formula is C15H24BrN3. The highest BCUT2D eigenvalue weighted by molar-refractivity contribution is 9.10. The molecule has 106 valence electrons. The third-order valence-electron chi connectivity index (χ3n) is 4.34. The number of likely N-dealkylation sites (N-methyl/N-ethyl adjacent to an activating group) is 1. The summed E-state index contributed by atoms with van der Waals surface area (Å²) in [6.07, 6.45) is 8.95. The lowest BCUT2D eigenvalue weighted by Gasteiger charge is -2.45. The second-order valence-corrected chi connectivity index (χ2v) is 6.98. The molecule has 1 saturated carbocycles. The van der Waals surface area contributed by atoms with Crippen molar-refractivity contribution in [2.45, 2.75) is 38.1 Å². The van der Waals surface area contributed by atoms with Crippen molar-refractivity contribution in [2.75, 3.05) is 26.0 Å². The van der Waals surface area contributed by atoms with Crippen molar-refractivity contribution in [2.24, 2.45) is 5.92 Å². The quantitative estimate of drug-likeness (QED) is 0.913. The zero-order valence-corrected chi connectivity index (χ0v) is 13.7. The first-order chi connectivity index (χ1) is 9.02. The second-order valence-electron chi connectivity index (χ2n) is 6.07. The summed E-state index contributed by atoms with van der Waals surface area (Å²) < 4.78 is 1.02. The molecule has 1 aliphatic carbocycles. The first-order valence-electron chi connectivity index (χ1n) is 7.04. The highest BCUT2D eigenvalue weighted by atomic mass is 79.9. The number of aromatic nitrogens is 1. The summed E-state index contributed by atoms with van der Waals surface area (Å²) in [6, 6.07) is 2.09. The molecule has 0 spiro atoms. The zero-order chi connectivity index (χ0) is 13.9. The van der Waals surface area contributed by atoms with Gasteiger partial charge in [0.2, 0.25) is 0 Å². The van der Waals surface area contributed by atoms with Crippen LogP contribution >= 0.6 is 15.9 Å². The molecule has 1 N–H and O–H groups in total. The molecule has 2 rings (SSSR count). The van der Waals surface area contributed by atoms with E-state index in [9.17, 15) is 0 Å². The van der Waals surface area contributed by atoms with Gasteiger partial charge in [-0.15, -0.1) is 0 Å². The lowest BCUT2D eigenvalue weighted by Crippen LogP contribution is -2.52. The Balaban J connectivity index is 2.05. The highest BCUT2D eigenvalue weighted by Crippen LogP contribution is 2.35. The van der Waals surface area contributed by atoms with Crippen LogP contribution in [0.5, 0.6) is 0 Å². The van der Waals surface area contributed by atoms with E-state index < -0.39 is 0 Å². The Hall–Kier alpha value is -0.610. The smallest absolute Gasteiger partial charge is 0.0538 e. The van der Waals surface area contributed by atoms with E-state index in [1.54, 1.807) is 0 Å². The van der Waals surface area contributed by atoms with Gasteiger partial charge in [-0.1, -0.05) is 19.8 Å². The van der Waals surface area contributed by atoms with E-state index in [-0.39, 0.29) is 5.54 Å². The Morgan fingerprint density at radius 2 is 2.26 bits per heavy atom. The summed E-state index contributed by atoms with van der Waals surface area (Å²) in [7, 11) is 4.41. The fraction of sp³-hybridized carbons (Fsp3) is 0.667. The summed E-state index contributed by atoms with van der Waals surface area (Å²) in [5.74, 6) is 0.818. The monoisotopic (exact) mass is 325 g/mol. The predicted octanol–water partition coefficient (Wildman–Crippen LogP) is 3.77. The minimum absolute atomic E-state index is 0.278. The van der Waals surface area contributed by atoms with Crippen molar-refractivity contribution in [1.29, 1.82) is 0 Å². The molecule has 1 heterocycles. The lowest BCUT2D eigenvalue weighted by atomic mass is 9.75. The molecule has 1 aromatic rings. The first-order valence-corrected chi connectivity index (χ1v) is 7.83. The third-order valence-corrected chi connectivity index (χ3v) is 4.78. The minimum Gasteiger partial charge on any atom is -0.382 e. The van der Waals surface area contributed by atoms with Gasteiger partial charge in [0, 0.05) is 22.8 Å². The SMILES string of the molecule is CC1CCCC(CNc2cncc(Br)c2)(N(C)C)C1. The van der Waals surface area contributed by atoms with E-state index in [0.29, 0.717) is 0 Å². The van der Waals surface area contributed by atoms with Gasteiger partial charge in [-0.25, -0.2) is 0 Å². The molecule has 0 aliphatic heterocycles. The number of halogens is 1. The second kappa shape index (κ2) is 6.23. The zero-order valence-electron chi connectivity index (χ0n) is 12.1. The molecule has 0 bridgehead atoms. The molecule has 19 heavy (non-hydrogen) atoms. The molecular weight excluding hydrogens is 302 g/mol. The van der Waals surface area contributed by atoms with Crippen molar-refractivity contribution in [1.82, 2.24) is 9.88 Å². The van der Waals surface area contributed by atoms with Gasteiger partial charge in [0.15, 0.2) is 0 Å². The van der Waals surface area contributed by atoms with Gasteiger partial charge in [0.1, 0.15) is 0 Å². The van der Waals surface area contributed by atoms with Gasteiger partial charge in [0.25, 0.3) is 0 Å². The van der Waals surface area contributed by atoms with Crippen molar-refractivity contribution < 1.29 is 0 Å². The molecule has 1 aromatic heterocycles. The lowest BCUT2D eigenvalue weighted by molar-refractivity contribution is 0.0882. The van der Waals surface area contributed by atoms with Crippen LogP contribution in [0.15, 0.2) is 22.9 Å². The Bertz CT molecular complexity index is 422. The van der Waals surface area contributed by atoms with Crippen molar-refractivity contribution in [3.63, 3.8) is 0 Å². The molecule has 4 heteroatoms.